The van der Waals surface area contributed by atoms with Crippen LogP contribution in [0.3, 0.4) is 0 Å². The predicted molar refractivity (Wildman–Crippen MR) is 93.9 cm³/mol. The average molecular weight is 359 g/mol. The van der Waals surface area contributed by atoms with Crippen molar-refractivity contribution < 1.29 is 8.42 Å². The van der Waals surface area contributed by atoms with Gasteiger partial charge in [0.15, 0.2) is 0 Å². The maximum atomic E-state index is 11.7. The number of nitrogens with one attached hydrogen (secondary N) is 2. The lowest BCUT2D eigenvalue weighted by Crippen LogP contribution is -2.15. The van der Waals surface area contributed by atoms with E-state index >= 15 is 0 Å². The summed E-state index contributed by atoms with van der Waals surface area (Å²) in [6.45, 7) is 1.82. The van der Waals surface area contributed by atoms with Crippen molar-refractivity contribution in [1.82, 2.24) is 0 Å². The molecule has 4 nitrogen and oxygen atoms in total. The minimum absolute atomic E-state index is 0.105. The van der Waals surface area contributed by atoms with Gasteiger partial charge in [0.25, 0.3) is 0 Å². The molecule has 0 aromatic heterocycles. The molecule has 0 radical (unpaired) electrons. The van der Waals surface area contributed by atoms with Crippen LogP contribution in [-0.4, -0.2) is 14.2 Å². The summed E-state index contributed by atoms with van der Waals surface area (Å²) < 4.78 is 25.9. The summed E-state index contributed by atoms with van der Waals surface area (Å²) in [6, 6.07) is 12.1. The lowest BCUT2D eigenvalue weighted by molar-refractivity contribution is 0.600. The maximum absolute atomic E-state index is 11.7. The smallest absolute Gasteiger partial charge is 0.232 e. The molecule has 0 heterocycles. The Morgan fingerprint density at radius 3 is 2.00 bits per heavy atom. The highest BCUT2D eigenvalue weighted by Crippen LogP contribution is 2.26. The standard InChI is InChI=1S/C15H16Cl2N2O2S/c1-2-7-22(20,21)19-14-5-3-13(4-6-14)18-15-9-11(16)8-12(17)10-15/h3-6,8-10,18-19H,2,7H2,1H3. The molecule has 118 valence electrons. The van der Waals surface area contributed by atoms with Gasteiger partial charge in [0, 0.05) is 27.1 Å². The van der Waals surface area contributed by atoms with Crippen LogP contribution in [-0.2, 0) is 10.0 Å². The van der Waals surface area contributed by atoms with Crippen molar-refractivity contribution in [1.29, 1.82) is 0 Å². The SMILES string of the molecule is CCCS(=O)(=O)Nc1ccc(Nc2cc(Cl)cc(Cl)c2)cc1. The fourth-order valence-electron chi connectivity index (χ4n) is 1.91. The van der Waals surface area contributed by atoms with Crippen molar-refractivity contribution in [2.24, 2.45) is 0 Å². The quantitative estimate of drug-likeness (QED) is 0.772. The summed E-state index contributed by atoms with van der Waals surface area (Å²) >= 11 is 11.9. The molecule has 0 atom stereocenters. The monoisotopic (exact) mass is 358 g/mol. The summed E-state index contributed by atoms with van der Waals surface area (Å²) in [7, 11) is -3.27. The van der Waals surface area contributed by atoms with Gasteiger partial charge in [0.2, 0.25) is 10.0 Å². The molecule has 0 aliphatic heterocycles. The molecule has 2 rings (SSSR count). The third-order valence-electron chi connectivity index (χ3n) is 2.78. The van der Waals surface area contributed by atoms with Crippen molar-refractivity contribution >= 4 is 50.3 Å². The second kappa shape index (κ2) is 7.22. The van der Waals surface area contributed by atoms with Gasteiger partial charge in [0.1, 0.15) is 0 Å². The first-order valence-electron chi connectivity index (χ1n) is 6.71. The van der Waals surface area contributed by atoms with E-state index in [9.17, 15) is 8.42 Å². The second-order valence-corrected chi connectivity index (χ2v) is 7.50. The first-order chi connectivity index (χ1) is 10.4. The molecule has 7 heteroatoms. The van der Waals surface area contributed by atoms with E-state index in [1.54, 1.807) is 42.5 Å². The van der Waals surface area contributed by atoms with Gasteiger partial charge in [-0.3, -0.25) is 4.72 Å². The van der Waals surface area contributed by atoms with Crippen molar-refractivity contribution in [2.45, 2.75) is 13.3 Å². The van der Waals surface area contributed by atoms with Gasteiger partial charge in [-0.25, -0.2) is 8.42 Å². The number of halogens is 2. The lowest BCUT2D eigenvalue weighted by atomic mass is 10.2. The van der Waals surface area contributed by atoms with Crippen LogP contribution >= 0.6 is 23.2 Å². The van der Waals surface area contributed by atoms with E-state index in [1.807, 2.05) is 6.92 Å². The summed E-state index contributed by atoms with van der Waals surface area (Å²) in [5.74, 6) is 0.105. The van der Waals surface area contributed by atoms with E-state index in [4.69, 9.17) is 23.2 Å². The number of hydrogen-bond donors (Lipinski definition) is 2. The molecule has 0 saturated heterocycles. The zero-order valence-corrected chi connectivity index (χ0v) is 14.3. The summed E-state index contributed by atoms with van der Waals surface area (Å²) in [6.07, 6.45) is 0.574. The van der Waals surface area contributed by atoms with Crippen LogP contribution in [0.25, 0.3) is 0 Å². The molecule has 0 unspecified atom stereocenters. The van der Waals surface area contributed by atoms with Crippen LogP contribution in [0.4, 0.5) is 17.1 Å². The zero-order valence-electron chi connectivity index (χ0n) is 11.9. The molecular formula is C15H16Cl2N2O2S. The first-order valence-corrected chi connectivity index (χ1v) is 9.12. The Morgan fingerprint density at radius 2 is 1.45 bits per heavy atom. The Hall–Kier alpha value is -1.43. The normalized spacial score (nSPS) is 11.2. The number of rotatable bonds is 6. The number of sulfonamides is 1. The number of hydrogen-bond acceptors (Lipinski definition) is 3. The van der Waals surface area contributed by atoms with E-state index in [0.717, 1.165) is 11.4 Å². The highest BCUT2D eigenvalue weighted by Gasteiger charge is 2.08. The lowest BCUT2D eigenvalue weighted by Gasteiger charge is -2.10. The van der Waals surface area contributed by atoms with Gasteiger partial charge in [-0.2, -0.15) is 0 Å². The molecule has 2 aromatic rings. The fraction of sp³-hybridized carbons (Fsp3) is 0.200. The van der Waals surface area contributed by atoms with Crippen molar-refractivity contribution in [3.05, 3.63) is 52.5 Å². The molecule has 2 N–H and O–H groups in total. The molecule has 0 aliphatic carbocycles. The van der Waals surface area contributed by atoms with Crippen LogP contribution in [0.1, 0.15) is 13.3 Å². The van der Waals surface area contributed by atoms with Crippen molar-refractivity contribution in [2.75, 3.05) is 15.8 Å². The summed E-state index contributed by atoms with van der Waals surface area (Å²) in [5, 5.41) is 4.24. The average Bonchev–Trinajstić information content (AvgIpc) is 2.39. The second-order valence-electron chi connectivity index (χ2n) is 4.78. The van der Waals surface area contributed by atoms with Gasteiger partial charge in [-0.1, -0.05) is 30.1 Å². The molecule has 0 aliphatic rings. The Labute approximate surface area is 140 Å². The van der Waals surface area contributed by atoms with Gasteiger partial charge in [-0.05, 0) is 48.9 Å². The molecule has 0 spiro atoms. The summed E-state index contributed by atoms with van der Waals surface area (Å²) in [5.41, 5.74) is 2.09. The highest BCUT2D eigenvalue weighted by molar-refractivity contribution is 7.92. The minimum atomic E-state index is -3.27. The Morgan fingerprint density at radius 1 is 0.909 bits per heavy atom. The van der Waals surface area contributed by atoms with Gasteiger partial charge in [0.05, 0.1) is 5.75 Å². The largest absolute Gasteiger partial charge is 0.355 e. The van der Waals surface area contributed by atoms with Crippen LogP contribution in [0, 0.1) is 0 Å². The molecule has 0 fully saturated rings. The Balaban J connectivity index is 2.09. The molecule has 0 bridgehead atoms. The topological polar surface area (TPSA) is 58.2 Å². The van der Waals surface area contributed by atoms with Crippen LogP contribution in [0.5, 0.6) is 0 Å². The summed E-state index contributed by atoms with van der Waals surface area (Å²) in [4.78, 5) is 0. The predicted octanol–water partition coefficient (Wildman–Crippen LogP) is 4.89. The number of anilines is 3. The van der Waals surface area contributed by atoms with E-state index < -0.39 is 10.0 Å². The first kappa shape index (κ1) is 16.9. The highest BCUT2D eigenvalue weighted by atomic mass is 35.5. The fourth-order valence-corrected chi connectivity index (χ4v) is 3.57. The van der Waals surface area contributed by atoms with Crippen LogP contribution in [0.2, 0.25) is 10.0 Å². The van der Waals surface area contributed by atoms with Crippen LogP contribution < -0.4 is 10.0 Å². The van der Waals surface area contributed by atoms with E-state index in [-0.39, 0.29) is 5.75 Å². The van der Waals surface area contributed by atoms with Crippen molar-refractivity contribution in [3.8, 4) is 0 Å². The van der Waals surface area contributed by atoms with Crippen LogP contribution in [0.15, 0.2) is 42.5 Å². The molecule has 0 amide bonds. The third kappa shape index (κ3) is 5.09. The molecule has 22 heavy (non-hydrogen) atoms. The van der Waals surface area contributed by atoms with E-state index in [1.165, 1.54) is 0 Å². The van der Waals surface area contributed by atoms with Crippen molar-refractivity contribution in [3.63, 3.8) is 0 Å². The zero-order chi connectivity index (χ0) is 16.2. The third-order valence-corrected chi connectivity index (χ3v) is 4.71. The minimum Gasteiger partial charge on any atom is -0.355 e. The van der Waals surface area contributed by atoms with Gasteiger partial charge < -0.3 is 5.32 Å². The van der Waals surface area contributed by atoms with E-state index in [0.29, 0.717) is 22.2 Å². The van der Waals surface area contributed by atoms with Gasteiger partial charge in [-0.15, -0.1) is 0 Å². The van der Waals surface area contributed by atoms with Gasteiger partial charge >= 0.3 is 0 Å². The molecule has 0 saturated carbocycles. The Bertz CT molecular complexity index is 726. The Kier molecular flexibility index (Phi) is 5.56. The number of benzene rings is 2. The maximum Gasteiger partial charge on any atom is 0.232 e. The van der Waals surface area contributed by atoms with E-state index in [2.05, 4.69) is 10.0 Å². The molecule has 2 aromatic carbocycles. The molecular weight excluding hydrogens is 343 g/mol.